The van der Waals surface area contributed by atoms with Crippen molar-refractivity contribution in [1.82, 2.24) is 10.2 Å². The Morgan fingerprint density at radius 1 is 1.03 bits per heavy atom. The van der Waals surface area contributed by atoms with Crippen molar-refractivity contribution in [3.63, 3.8) is 0 Å². The minimum absolute atomic E-state index is 0.436. The normalized spacial score (nSPS) is 15.5. The van der Waals surface area contributed by atoms with Gasteiger partial charge in [-0.25, -0.2) is 9.59 Å². The van der Waals surface area contributed by atoms with Crippen LogP contribution in [-0.4, -0.2) is 59.8 Å². The summed E-state index contributed by atoms with van der Waals surface area (Å²) in [5.74, 6) is -3.21. The van der Waals surface area contributed by atoms with Crippen molar-refractivity contribution in [1.29, 1.82) is 0 Å². The molecule has 0 bridgehead atoms. The summed E-state index contributed by atoms with van der Waals surface area (Å²) in [5.41, 5.74) is 2.55. The van der Waals surface area contributed by atoms with E-state index in [2.05, 4.69) is 41.5 Å². The molecule has 3 N–H and O–H groups in total. The summed E-state index contributed by atoms with van der Waals surface area (Å²) >= 11 is 12.5. The zero-order valence-corrected chi connectivity index (χ0v) is 19.6. The predicted octanol–water partition coefficient (Wildman–Crippen LogP) is 4.55. The lowest BCUT2D eigenvalue weighted by Gasteiger charge is -2.30. The molecule has 0 aliphatic carbocycles. The van der Waals surface area contributed by atoms with E-state index in [9.17, 15) is 0 Å². The molecule has 1 saturated heterocycles. The van der Waals surface area contributed by atoms with E-state index in [1.54, 1.807) is 0 Å². The number of piperidine rings is 1. The molecule has 0 aromatic heterocycles. The van der Waals surface area contributed by atoms with Crippen LogP contribution < -0.4 is 5.32 Å². The minimum Gasteiger partial charge on any atom is -0.473 e. The monoisotopic (exact) mass is 480 g/mol. The van der Waals surface area contributed by atoms with E-state index in [4.69, 9.17) is 43.0 Å². The Morgan fingerprint density at radius 3 is 2.19 bits per heavy atom. The molecule has 0 spiro atoms. The molecule has 2 aromatic rings. The van der Waals surface area contributed by atoms with Crippen LogP contribution in [0.3, 0.4) is 0 Å². The van der Waals surface area contributed by atoms with Gasteiger partial charge in [0.25, 0.3) is 0 Å². The minimum atomic E-state index is -1.82. The molecule has 3 rings (SSSR count). The maximum atomic E-state index is 9.10. The Kier molecular flexibility index (Phi) is 11.0. The summed E-state index contributed by atoms with van der Waals surface area (Å²) in [7, 11) is 2.20. The summed E-state index contributed by atoms with van der Waals surface area (Å²) in [6.07, 6.45) is 4.54. The summed E-state index contributed by atoms with van der Waals surface area (Å²) in [6.45, 7) is 3.42. The maximum Gasteiger partial charge on any atom is 0.414 e. The number of hydrogen-bond acceptors (Lipinski definition) is 4. The summed E-state index contributed by atoms with van der Waals surface area (Å²) in [6, 6.07) is 17.1. The molecule has 0 saturated carbocycles. The fourth-order valence-corrected chi connectivity index (χ4v) is 4.06. The molecule has 1 aliphatic heterocycles. The second kappa shape index (κ2) is 13.4. The number of likely N-dealkylation sites (tertiary alicyclic amines) is 1. The molecule has 174 valence electrons. The molecule has 1 unspecified atom stereocenters. The van der Waals surface area contributed by atoms with Gasteiger partial charge in [-0.1, -0.05) is 53.5 Å². The van der Waals surface area contributed by atoms with Gasteiger partial charge >= 0.3 is 11.9 Å². The Labute approximate surface area is 199 Å². The van der Waals surface area contributed by atoms with E-state index < -0.39 is 11.9 Å². The molecule has 0 amide bonds. The highest BCUT2D eigenvalue weighted by Crippen LogP contribution is 2.28. The van der Waals surface area contributed by atoms with Crippen LogP contribution in [0.4, 0.5) is 0 Å². The molecule has 32 heavy (non-hydrogen) atoms. The molecule has 1 atom stereocenters. The van der Waals surface area contributed by atoms with Gasteiger partial charge in [0.1, 0.15) is 0 Å². The number of hydrogen-bond donors (Lipinski definition) is 3. The second-order valence-corrected chi connectivity index (χ2v) is 8.82. The number of benzene rings is 2. The van der Waals surface area contributed by atoms with Crippen LogP contribution in [0.2, 0.25) is 10.0 Å². The van der Waals surface area contributed by atoms with E-state index >= 15 is 0 Å². The van der Waals surface area contributed by atoms with Crippen LogP contribution in [0.5, 0.6) is 0 Å². The molecule has 1 heterocycles. The van der Waals surface area contributed by atoms with Gasteiger partial charge in [0.2, 0.25) is 0 Å². The molecule has 2 aromatic carbocycles. The van der Waals surface area contributed by atoms with Crippen molar-refractivity contribution in [2.45, 2.75) is 37.6 Å². The number of aliphatic carboxylic acids is 2. The number of halogens is 2. The van der Waals surface area contributed by atoms with Crippen LogP contribution in [0.1, 0.15) is 36.3 Å². The van der Waals surface area contributed by atoms with Crippen molar-refractivity contribution in [3.8, 4) is 0 Å². The first-order valence-electron chi connectivity index (χ1n) is 10.6. The lowest BCUT2D eigenvalue weighted by molar-refractivity contribution is -0.159. The van der Waals surface area contributed by atoms with Crippen LogP contribution in [0.15, 0.2) is 48.5 Å². The first-order valence-corrected chi connectivity index (χ1v) is 11.4. The average Bonchev–Trinajstić information content (AvgIpc) is 2.77. The Hall–Kier alpha value is -2.12. The van der Waals surface area contributed by atoms with E-state index in [1.165, 1.54) is 37.1 Å². The number of nitrogens with one attached hydrogen (secondary N) is 1. The number of carboxylic acids is 2. The summed E-state index contributed by atoms with van der Waals surface area (Å²) in [4.78, 5) is 20.6. The molecule has 1 aliphatic rings. The smallest absolute Gasteiger partial charge is 0.414 e. The van der Waals surface area contributed by atoms with Crippen LogP contribution >= 0.6 is 23.2 Å². The van der Waals surface area contributed by atoms with Gasteiger partial charge in [0, 0.05) is 16.1 Å². The first kappa shape index (κ1) is 26.1. The van der Waals surface area contributed by atoms with Crippen molar-refractivity contribution in [3.05, 3.63) is 69.7 Å². The lowest BCUT2D eigenvalue weighted by Crippen LogP contribution is -2.41. The van der Waals surface area contributed by atoms with Crippen LogP contribution in [0, 0.1) is 0 Å². The van der Waals surface area contributed by atoms with E-state index in [0.717, 1.165) is 29.4 Å². The van der Waals surface area contributed by atoms with Crippen LogP contribution in [0.25, 0.3) is 0 Å². The van der Waals surface area contributed by atoms with Crippen LogP contribution in [-0.2, 0) is 16.0 Å². The van der Waals surface area contributed by atoms with E-state index in [0.29, 0.717) is 12.0 Å². The maximum absolute atomic E-state index is 9.10. The summed E-state index contributed by atoms with van der Waals surface area (Å²) < 4.78 is 0. The summed E-state index contributed by atoms with van der Waals surface area (Å²) in [5, 5.41) is 20.2. The third-order valence-electron chi connectivity index (χ3n) is 5.59. The topological polar surface area (TPSA) is 89.9 Å². The van der Waals surface area contributed by atoms with E-state index in [1.807, 2.05) is 24.3 Å². The molecule has 8 heteroatoms. The van der Waals surface area contributed by atoms with Gasteiger partial charge in [0.15, 0.2) is 0 Å². The van der Waals surface area contributed by atoms with E-state index in [-0.39, 0.29) is 0 Å². The largest absolute Gasteiger partial charge is 0.473 e. The standard InChI is InChI=1S/C22H28Cl2N2.C2H2O4/c1-26-14-11-21(12-15-26)25-13-10-18(17-6-8-20(23)9-7-17)16-19-4-2-3-5-22(19)24;3-1(4)2(5)6/h2-9,18,21,25H,10-16H2,1H3;(H,3,4)(H,5,6). The molecule has 1 fully saturated rings. The predicted molar refractivity (Wildman–Crippen MR) is 128 cm³/mol. The number of rotatable bonds is 7. The average molecular weight is 481 g/mol. The van der Waals surface area contributed by atoms with Crippen molar-refractivity contribution in [2.75, 3.05) is 26.7 Å². The molecule has 0 radical (unpaired) electrons. The van der Waals surface area contributed by atoms with Gasteiger partial charge in [-0.05, 0) is 87.6 Å². The fraction of sp³-hybridized carbons (Fsp3) is 0.417. The third-order valence-corrected chi connectivity index (χ3v) is 6.21. The van der Waals surface area contributed by atoms with Crippen molar-refractivity contribution < 1.29 is 19.8 Å². The van der Waals surface area contributed by atoms with Gasteiger partial charge in [-0.2, -0.15) is 0 Å². The zero-order valence-electron chi connectivity index (χ0n) is 18.1. The quantitative estimate of drug-likeness (QED) is 0.503. The zero-order chi connectivity index (χ0) is 23.5. The number of carbonyl (C=O) groups is 2. The van der Waals surface area contributed by atoms with Crippen molar-refractivity contribution >= 4 is 35.1 Å². The highest BCUT2D eigenvalue weighted by atomic mass is 35.5. The highest BCUT2D eigenvalue weighted by Gasteiger charge is 2.18. The van der Waals surface area contributed by atoms with Gasteiger partial charge < -0.3 is 20.4 Å². The number of carboxylic acid groups (broad SMARTS) is 2. The number of nitrogens with zero attached hydrogens (tertiary/aromatic N) is 1. The molecule has 6 nitrogen and oxygen atoms in total. The first-order chi connectivity index (χ1) is 15.3. The Balaban J connectivity index is 0.000000534. The molecular weight excluding hydrogens is 451 g/mol. The highest BCUT2D eigenvalue weighted by molar-refractivity contribution is 6.31. The fourth-order valence-electron chi connectivity index (χ4n) is 3.73. The second-order valence-electron chi connectivity index (χ2n) is 7.97. The molecular formula is C24H30Cl2N2O4. The van der Waals surface area contributed by atoms with Gasteiger partial charge in [0.05, 0.1) is 0 Å². The SMILES string of the molecule is CN1CCC(NCCC(Cc2ccccc2Cl)c2ccc(Cl)cc2)CC1.O=C(O)C(=O)O. The Bertz CT molecular complexity index is 857. The van der Waals surface area contributed by atoms with Gasteiger partial charge in [-0.3, -0.25) is 0 Å². The van der Waals surface area contributed by atoms with Gasteiger partial charge in [-0.15, -0.1) is 0 Å². The van der Waals surface area contributed by atoms with Crippen molar-refractivity contribution in [2.24, 2.45) is 0 Å². The third kappa shape index (κ3) is 9.17. The lowest BCUT2D eigenvalue weighted by atomic mass is 9.89. The Morgan fingerprint density at radius 2 is 1.62 bits per heavy atom.